The molecular formula is C17H16O3S. The monoisotopic (exact) mass is 300 g/mol. The smallest absolute Gasteiger partial charge is 0.200 e. The van der Waals surface area contributed by atoms with Gasteiger partial charge in [0.1, 0.15) is 11.2 Å². The van der Waals surface area contributed by atoms with Crippen LogP contribution in [0.1, 0.15) is 16.7 Å². The molecule has 2 aromatic carbocycles. The Hall–Kier alpha value is -1.78. The number of aliphatic hydroxyl groups excluding tert-OH is 1. The Morgan fingerprint density at radius 2 is 1.90 bits per heavy atom. The van der Waals surface area contributed by atoms with Gasteiger partial charge < -0.3 is 9.52 Å². The van der Waals surface area contributed by atoms with E-state index < -0.39 is 0 Å². The molecule has 0 aliphatic rings. The Morgan fingerprint density at radius 1 is 1.14 bits per heavy atom. The van der Waals surface area contributed by atoms with Crippen LogP contribution in [0.25, 0.3) is 21.9 Å². The standard InChI is InChI=1S/C17H16O3S/c1-10-5-6-13-15(19)12-4-2-3-11(7-8-18)16(12)20-17(13)14(10)9-21/h2-6,18,21H,7-9H2,1H3. The number of aliphatic hydroxyl groups is 1. The van der Waals surface area contributed by atoms with Crippen molar-refractivity contribution in [2.24, 2.45) is 0 Å². The minimum absolute atomic E-state index is 0.0219. The zero-order chi connectivity index (χ0) is 15.0. The highest BCUT2D eigenvalue weighted by Crippen LogP contribution is 2.27. The lowest BCUT2D eigenvalue weighted by molar-refractivity contribution is 0.299. The summed E-state index contributed by atoms with van der Waals surface area (Å²) < 4.78 is 6.05. The summed E-state index contributed by atoms with van der Waals surface area (Å²) in [5.41, 5.74) is 3.98. The molecule has 0 saturated carbocycles. The van der Waals surface area contributed by atoms with Gasteiger partial charge in [0.05, 0.1) is 10.8 Å². The van der Waals surface area contributed by atoms with E-state index in [1.165, 1.54) is 0 Å². The minimum Gasteiger partial charge on any atom is -0.455 e. The van der Waals surface area contributed by atoms with Gasteiger partial charge in [-0.1, -0.05) is 18.2 Å². The third-order valence-corrected chi connectivity index (χ3v) is 4.14. The second kappa shape index (κ2) is 5.54. The van der Waals surface area contributed by atoms with E-state index in [9.17, 15) is 9.90 Å². The van der Waals surface area contributed by atoms with E-state index in [1.54, 1.807) is 6.07 Å². The molecule has 0 spiro atoms. The summed E-state index contributed by atoms with van der Waals surface area (Å²) >= 11 is 4.35. The number of benzene rings is 2. The first-order valence-corrected chi connectivity index (χ1v) is 7.49. The van der Waals surface area contributed by atoms with E-state index in [1.807, 2.05) is 31.2 Å². The second-order valence-electron chi connectivity index (χ2n) is 5.09. The first-order chi connectivity index (χ1) is 10.2. The Morgan fingerprint density at radius 3 is 2.62 bits per heavy atom. The van der Waals surface area contributed by atoms with E-state index in [0.29, 0.717) is 34.1 Å². The minimum atomic E-state index is -0.0333. The Bertz CT molecular complexity index is 880. The second-order valence-corrected chi connectivity index (χ2v) is 5.41. The van der Waals surface area contributed by atoms with Gasteiger partial charge in [-0.2, -0.15) is 12.6 Å². The largest absolute Gasteiger partial charge is 0.455 e. The fourth-order valence-electron chi connectivity index (χ4n) is 2.67. The summed E-state index contributed by atoms with van der Waals surface area (Å²) in [5.74, 6) is 0.514. The van der Waals surface area contributed by atoms with Crippen LogP contribution < -0.4 is 5.43 Å². The molecule has 108 valence electrons. The summed E-state index contributed by atoms with van der Waals surface area (Å²) in [4.78, 5) is 12.7. The van der Waals surface area contributed by atoms with Crippen LogP contribution in [0.15, 0.2) is 39.5 Å². The molecule has 0 aliphatic carbocycles. The van der Waals surface area contributed by atoms with Gasteiger partial charge in [-0.15, -0.1) is 0 Å². The van der Waals surface area contributed by atoms with Gasteiger partial charge in [0.2, 0.25) is 5.43 Å². The fraction of sp³-hybridized carbons (Fsp3) is 0.235. The quantitative estimate of drug-likeness (QED) is 0.577. The molecule has 1 heterocycles. The van der Waals surface area contributed by atoms with Crippen LogP contribution in [0, 0.1) is 6.92 Å². The van der Waals surface area contributed by atoms with Crippen LogP contribution in [-0.2, 0) is 12.2 Å². The molecule has 3 nitrogen and oxygen atoms in total. The number of hydrogen-bond donors (Lipinski definition) is 2. The topological polar surface area (TPSA) is 50.4 Å². The highest BCUT2D eigenvalue weighted by atomic mass is 32.1. The maximum atomic E-state index is 12.7. The molecule has 0 bridgehead atoms. The van der Waals surface area contributed by atoms with Crippen molar-refractivity contribution in [1.29, 1.82) is 0 Å². The lowest BCUT2D eigenvalue weighted by atomic mass is 10.0. The van der Waals surface area contributed by atoms with E-state index in [2.05, 4.69) is 12.6 Å². The molecular weight excluding hydrogens is 284 g/mol. The zero-order valence-electron chi connectivity index (χ0n) is 11.7. The number of fused-ring (bicyclic) bond motifs is 2. The van der Waals surface area contributed by atoms with Gasteiger partial charge in [-0.25, -0.2) is 0 Å². The van der Waals surface area contributed by atoms with E-state index in [-0.39, 0.29) is 12.0 Å². The van der Waals surface area contributed by atoms with Crippen molar-refractivity contribution in [3.05, 3.63) is 57.2 Å². The van der Waals surface area contributed by atoms with Crippen molar-refractivity contribution in [3.63, 3.8) is 0 Å². The van der Waals surface area contributed by atoms with Gasteiger partial charge >= 0.3 is 0 Å². The summed E-state index contributed by atoms with van der Waals surface area (Å²) in [6.45, 7) is 2.00. The van der Waals surface area contributed by atoms with Crippen LogP contribution in [0.5, 0.6) is 0 Å². The molecule has 1 aromatic heterocycles. The molecule has 4 heteroatoms. The Kier molecular flexibility index (Phi) is 3.74. The van der Waals surface area contributed by atoms with Gasteiger partial charge in [0.25, 0.3) is 0 Å². The third kappa shape index (κ3) is 2.24. The maximum Gasteiger partial charge on any atom is 0.200 e. The van der Waals surface area contributed by atoms with Gasteiger partial charge in [-0.3, -0.25) is 4.79 Å². The van der Waals surface area contributed by atoms with Gasteiger partial charge in [0.15, 0.2) is 0 Å². The van der Waals surface area contributed by atoms with Crippen LogP contribution in [0.3, 0.4) is 0 Å². The first-order valence-electron chi connectivity index (χ1n) is 6.86. The molecule has 0 amide bonds. The van der Waals surface area contributed by atoms with Gasteiger partial charge in [-0.05, 0) is 36.6 Å². The van der Waals surface area contributed by atoms with Crippen molar-refractivity contribution in [2.75, 3.05) is 6.61 Å². The number of thiol groups is 1. The molecule has 0 radical (unpaired) electrons. The molecule has 1 N–H and O–H groups in total. The van der Waals surface area contributed by atoms with Crippen molar-refractivity contribution >= 4 is 34.6 Å². The number of hydrogen-bond acceptors (Lipinski definition) is 4. The van der Waals surface area contributed by atoms with Gasteiger partial charge in [0, 0.05) is 17.9 Å². The molecule has 0 unspecified atom stereocenters. The van der Waals surface area contributed by atoms with Crippen LogP contribution in [0.2, 0.25) is 0 Å². The summed E-state index contributed by atoms with van der Waals surface area (Å²) in [6, 6.07) is 9.20. The highest BCUT2D eigenvalue weighted by molar-refractivity contribution is 7.79. The summed E-state index contributed by atoms with van der Waals surface area (Å²) in [7, 11) is 0. The maximum absolute atomic E-state index is 12.7. The predicted molar refractivity (Wildman–Crippen MR) is 88.2 cm³/mol. The van der Waals surface area contributed by atoms with Crippen molar-refractivity contribution < 1.29 is 9.52 Å². The van der Waals surface area contributed by atoms with Crippen molar-refractivity contribution in [3.8, 4) is 0 Å². The molecule has 3 rings (SSSR count). The fourth-order valence-corrected chi connectivity index (χ4v) is 3.06. The number of rotatable bonds is 3. The Labute approximate surface area is 127 Å². The predicted octanol–water partition coefficient (Wildman–Crippen LogP) is 3.22. The highest BCUT2D eigenvalue weighted by Gasteiger charge is 2.14. The molecule has 3 aromatic rings. The molecule has 0 fully saturated rings. The third-order valence-electron chi connectivity index (χ3n) is 3.82. The van der Waals surface area contributed by atoms with E-state index >= 15 is 0 Å². The Balaban J connectivity index is 2.50. The zero-order valence-corrected chi connectivity index (χ0v) is 12.6. The number of aryl methyl sites for hydroxylation is 1. The molecule has 0 atom stereocenters. The molecule has 21 heavy (non-hydrogen) atoms. The van der Waals surface area contributed by atoms with Crippen LogP contribution in [0.4, 0.5) is 0 Å². The van der Waals surface area contributed by atoms with E-state index in [4.69, 9.17) is 4.42 Å². The average Bonchev–Trinajstić information content (AvgIpc) is 2.48. The lowest BCUT2D eigenvalue weighted by Crippen LogP contribution is -2.05. The van der Waals surface area contributed by atoms with Crippen molar-refractivity contribution in [2.45, 2.75) is 19.1 Å². The lowest BCUT2D eigenvalue weighted by Gasteiger charge is -2.10. The van der Waals surface area contributed by atoms with Crippen LogP contribution >= 0.6 is 12.6 Å². The van der Waals surface area contributed by atoms with E-state index in [0.717, 1.165) is 16.7 Å². The SMILES string of the molecule is Cc1ccc2c(=O)c3cccc(CCO)c3oc2c1CS. The first kappa shape index (κ1) is 14.2. The summed E-state index contributed by atoms with van der Waals surface area (Å²) in [6.07, 6.45) is 0.466. The average molecular weight is 300 g/mol. The molecule has 0 aliphatic heterocycles. The normalized spacial score (nSPS) is 11.4. The summed E-state index contributed by atoms with van der Waals surface area (Å²) in [5, 5.41) is 10.3. The van der Waals surface area contributed by atoms with Crippen molar-refractivity contribution in [1.82, 2.24) is 0 Å². The van der Waals surface area contributed by atoms with Crippen LogP contribution in [-0.4, -0.2) is 11.7 Å². The molecule has 0 saturated heterocycles. The number of para-hydroxylation sites is 1.